The Morgan fingerprint density at radius 3 is 2.63 bits per heavy atom. The molecule has 182 valence electrons. The summed E-state index contributed by atoms with van der Waals surface area (Å²) in [4.78, 5) is 28.4. The largest absolute Gasteiger partial charge is 0.379 e. The third-order valence-electron chi connectivity index (χ3n) is 5.53. The van der Waals surface area contributed by atoms with Crippen LogP contribution in [0.15, 0.2) is 41.2 Å². The minimum absolute atomic E-state index is 0.226. The maximum atomic E-state index is 13.3. The Morgan fingerprint density at radius 2 is 1.94 bits per heavy atom. The number of ether oxygens (including phenoxy) is 1. The molecule has 2 heterocycles. The number of aromatic nitrogens is 2. The van der Waals surface area contributed by atoms with Gasteiger partial charge >= 0.3 is 0 Å². The predicted molar refractivity (Wildman–Crippen MR) is 134 cm³/mol. The van der Waals surface area contributed by atoms with Gasteiger partial charge in [-0.05, 0) is 49.2 Å². The van der Waals surface area contributed by atoms with E-state index in [9.17, 15) is 14.7 Å². The Labute approximate surface area is 208 Å². The highest BCUT2D eigenvalue weighted by Crippen LogP contribution is 2.19. The third kappa shape index (κ3) is 6.47. The van der Waals surface area contributed by atoms with E-state index in [4.69, 9.17) is 16.3 Å². The van der Waals surface area contributed by atoms with Gasteiger partial charge in [0.2, 0.25) is 5.43 Å². The van der Waals surface area contributed by atoms with E-state index in [0.717, 1.165) is 24.2 Å². The fourth-order valence-electron chi connectivity index (χ4n) is 3.74. The molecule has 1 aliphatic heterocycles. The number of rotatable bonds is 5. The number of halogens is 1. The SMILES string of the molecule is CC(C)(O)C#Cc1cc(CN2CCOCC2)cc2c(=O)c(C(=O)NCc3ccc(Cl)cc3)n[nH]c12. The van der Waals surface area contributed by atoms with E-state index < -0.39 is 16.9 Å². The molecule has 9 heteroatoms. The molecule has 0 spiro atoms. The van der Waals surface area contributed by atoms with Gasteiger partial charge in [0.15, 0.2) is 5.69 Å². The summed E-state index contributed by atoms with van der Waals surface area (Å²) in [6.45, 7) is 6.89. The van der Waals surface area contributed by atoms with Crippen molar-refractivity contribution in [3.63, 3.8) is 0 Å². The Morgan fingerprint density at radius 1 is 1.23 bits per heavy atom. The van der Waals surface area contributed by atoms with Crippen LogP contribution >= 0.6 is 11.6 Å². The maximum Gasteiger partial charge on any atom is 0.276 e. The predicted octanol–water partition coefficient (Wildman–Crippen LogP) is 2.46. The highest BCUT2D eigenvalue weighted by atomic mass is 35.5. The van der Waals surface area contributed by atoms with Gasteiger partial charge in [0.1, 0.15) is 5.60 Å². The molecule has 0 bridgehead atoms. The van der Waals surface area contributed by atoms with Crippen LogP contribution in [0.2, 0.25) is 5.02 Å². The van der Waals surface area contributed by atoms with E-state index in [0.29, 0.717) is 41.2 Å². The number of benzene rings is 2. The number of hydrogen-bond acceptors (Lipinski definition) is 6. The molecule has 0 saturated carbocycles. The average Bonchev–Trinajstić information content (AvgIpc) is 2.83. The van der Waals surface area contributed by atoms with Crippen LogP contribution in [0.4, 0.5) is 0 Å². The van der Waals surface area contributed by atoms with Crippen LogP contribution in [-0.4, -0.2) is 58.0 Å². The molecule has 1 amide bonds. The number of hydrogen-bond donors (Lipinski definition) is 3. The van der Waals surface area contributed by atoms with Crippen molar-refractivity contribution in [1.82, 2.24) is 20.4 Å². The summed E-state index contributed by atoms with van der Waals surface area (Å²) in [5.74, 6) is 5.18. The molecule has 0 aliphatic carbocycles. The second-order valence-corrected chi connectivity index (χ2v) is 9.41. The molecule has 1 fully saturated rings. The summed E-state index contributed by atoms with van der Waals surface area (Å²) in [6, 6.07) is 10.7. The van der Waals surface area contributed by atoms with Gasteiger partial charge in [-0.2, -0.15) is 5.10 Å². The molecule has 1 saturated heterocycles. The van der Waals surface area contributed by atoms with Crippen molar-refractivity contribution in [1.29, 1.82) is 0 Å². The van der Waals surface area contributed by atoms with Crippen molar-refractivity contribution in [3.8, 4) is 11.8 Å². The lowest BCUT2D eigenvalue weighted by molar-refractivity contribution is 0.0342. The van der Waals surface area contributed by atoms with Crippen molar-refractivity contribution in [3.05, 3.63) is 74.0 Å². The van der Waals surface area contributed by atoms with Crippen LogP contribution < -0.4 is 10.7 Å². The number of morpholine rings is 1. The van der Waals surface area contributed by atoms with Crippen LogP contribution in [0.1, 0.15) is 41.0 Å². The topological polar surface area (TPSA) is 108 Å². The van der Waals surface area contributed by atoms with Crippen LogP contribution in [-0.2, 0) is 17.8 Å². The zero-order valence-electron chi connectivity index (χ0n) is 19.7. The first-order valence-electron chi connectivity index (χ1n) is 11.3. The number of aromatic amines is 1. The number of carbonyl (C=O) groups is 1. The van der Waals surface area contributed by atoms with Crippen LogP contribution in [0.3, 0.4) is 0 Å². The van der Waals surface area contributed by atoms with E-state index in [-0.39, 0.29) is 12.2 Å². The van der Waals surface area contributed by atoms with Gasteiger partial charge in [-0.3, -0.25) is 19.6 Å². The first-order valence-corrected chi connectivity index (χ1v) is 11.7. The molecule has 0 radical (unpaired) electrons. The third-order valence-corrected chi connectivity index (χ3v) is 5.78. The van der Waals surface area contributed by atoms with Crippen molar-refractivity contribution in [2.24, 2.45) is 0 Å². The minimum Gasteiger partial charge on any atom is -0.379 e. The van der Waals surface area contributed by atoms with Crippen LogP contribution in [0.25, 0.3) is 10.9 Å². The summed E-state index contributed by atoms with van der Waals surface area (Å²) in [7, 11) is 0. The number of amides is 1. The Balaban J connectivity index is 1.69. The molecule has 35 heavy (non-hydrogen) atoms. The molecular weight excluding hydrogens is 468 g/mol. The number of nitrogens with one attached hydrogen (secondary N) is 2. The van der Waals surface area contributed by atoms with Crippen molar-refractivity contribution >= 4 is 28.4 Å². The quantitative estimate of drug-likeness (QED) is 0.470. The summed E-state index contributed by atoms with van der Waals surface area (Å²) in [6.07, 6.45) is 0. The standard InChI is InChI=1S/C26H27ClN4O4/c1-26(2,34)8-7-19-13-18(16-31-9-11-35-12-10-31)14-21-22(19)29-30-23(24(21)32)25(33)28-15-17-3-5-20(27)6-4-17/h3-6,13-14,34H,9-12,15-16H2,1-2H3,(H,28,33)(H,29,32). The molecule has 0 unspecified atom stereocenters. The molecule has 3 aromatic rings. The molecule has 2 aromatic carbocycles. The second kappa shape index (κ2) is 10.6. The van der Waals surface area contributed by atoms with Crippen molar-refractivity contribution < 1.29 is 14.6 Å². The molecule has 4 rings (SSSR count). The van der Waals surface area contributed by atoms with Crippen molar-refractivity contribution in [2.75, 3.05) is 26.3 Å². The molecule has 3 N–H and O–H groups in total. The Kier molecular flexibility index (Phi) is 7.53. The highest BCUT2D eigenvalue weighted by Gasteiger charge is 2.19. The van der Waals surface area contributed by atoms with Gasteiger partial charge in [-0.1, -0.05) is 35.6 Å². The second-order valence-electron chi connectivity index (χ2n) is 8.97. The Bertz CT molecular complexity index is 1340. The monoisotopic (exact) mass is 494 g/mol. The van der Waals surface area contributed by atoms with Gasteiger partial charge in [-0.25, -0.2) is 0 Å². The zero-order chi connectivity index (χ0) is 25.0. The van der Waals surface area contributed by atoms with Gasteiger partial charge < -0.3 is 15.2 Å². The fraction of sp³-hybridized carbons (Fsp3) is 0.346. The number of aliphatic hydroxyl groups is 1. The van der Waals surface area contributed by atoms with Gasteiger partial charge in [-0.15, -0.1) is 0 Å². The zero-order valence-corrected chi connectivity index (χ0v) is 20.4. The van der Waals surface area contributed by atoms with E-state index in [1.54, 1.807) is 44.2 Å². The normalized spacial score (nSPS) is 14.4. The van der Waals surface area contributed by atoms with Gasteiger partial charge in [0.05, 0.1) is 29.7 Å². The summed E-state index contributed by atoms with van der Waals surface area (Å²) in [5, 5.41) is 20.6. The molecular formula is C26H27ClN4O4. The maximum absolute atomic E-state index is 13.3. The van der Waals surface area contributed by atoms with E-state index >= 15 is 0 Å². The van der Waals surface area contributed by atoms with E-state index in [1.807, 2.05) is 6.07 Å². The Hall–Kier alpha value is -3.22. The minimum atomic E-state index is -1.21. The molecule has 1 aliphatic rings. The number of H-pyrrole nitrogens is 1. The number of carbonyl (C=O) groups excluding carboxylic acids is 1. The lowest BCUT2D eigenvalue weighted by atomic mass is 10.0. The smallest absolute Gasteiger partial charge is 0.276 e. The molecule has 1 aromatic heterocycles. The molecule has 8 nitrogen and oxygen atoms in total. The summed E-state index contributed by atoms with van der Waals surface area (Å²) >= 11 is 5.91. The van der Waals surface area contributed by atoms with Gasteiger partial charge in [0.25, 0.3) is 5.91 Å². The lowest BCUT2D eigenvalue weighted by Crippen LogP contribution is -2.35. The fourth-order valence-corrected chi connectivity index (χ4v) is 3.87. The average molecular weight is 495 g/mol. The summed E-state index contributed by atoms with van der Waals surface area (Å²) in [5.41, 5.74) is 0.763. The first kappa shape index (κ1) is 24.9. The van der Waals surface area contributed by atoms with Gasteiger partial charge in [0, 0.05) is 31.2 Å². The van der Waals surface area contributed by atoms with Crippen LogP contribution in [0, 0.1) is 11.8 Å². The van der Waals surface area contributed by atoms with Crippen LogP contribution in [0.5, 0.6) is 0 Å². The number of fused-ring (bicyclic) bond motifs is 1. The van der Waals surface area contributed by atoms with E-state index in [2.05, 4.69) is 32.3 Å². The summed E-state index contributed by atoms with van der Waals surface area (Å²) < 4.78 is 5.42. The van der Waals surface area contributed by atoms with E-state index in [1.165, 1.54) is 0 Å². The highest BCUT2D eigenvalue weighted by molar-refractivity contribution is 6.30. The van der Waals surface area contributed by atoms with Crippen molar-refractivity contribution in [2.45, 2.75) is 32.5 Å². The first-order chi connectivity index (χ1) is 16.7. The lowest BCUT2D eigenvalue weighted by Gasteiger charge is -2.26. The molecule has 0 atom stereocenters. The number of nitrogens with zero attached hydrogens (tertiary/aromatic N) is 2.